The summed E-state index contributed by atoms with van der Waals surface area (Å²) in [5.74, 6) is -0.705. The lowest BCUT2D eigenvalue weighted by atomic mass is 10.1. The van der Waals surface area contributed by atoms with Gasteiger partial charge in [0.05, 0.1) is 23.8 Å². The van der Waals surface area contributed by atoms with E-state index in [4.69, 9.17) is 0 Å². The third kappa shape index (κ3) is 3.25. The van der Waals surface area contributed by atoms with E-state index in [2.05, 4.69) is 36.8 Å². The van der Waals surface area contributed by atoms with Crippen molar-refractivity contribution in [2.24, 2.45) is 0 Å². The summed E-state index contributed by atoms with van der Waals surface area (Å²) >= 11 is 6.69. The van der Waals surface area contributed by atoms with Crippen LogP contribution in [0.1, 0.15) is 10.4 Å². The average molecular weight is 440 g/mol. The first-order valence-electron chi connectivity index (χ1n) is 6.58. The van der Waals surface area contributed by atoms with Crippen molar-refractivity contribution < 1.29 is 9.18 Å². The van der Waals surface area contributed by atoms with Gasteiger partial charge in [-0.25, -0.2) is 9.37 Å². The van der Waals surface area contributed by atoms with E-state index in [1.54, 1.807) is 12.1 Å². The molecule has 0 aliphatic rings. The maximum absolute atomic E-state index is 12.9. The first-order valence-corrected chi connectivity index (χ1v) is 8.17. The SMILES string of the molecule is O=C(Cn1cnc2c(Br)cc(Br)cc2c1=O)c1ccc(F)cc1. The minimum Gasteiger partial charge on any atom is -0.292 e. The number of halogens is 3. The van der Waals surface area contributed by atoms with Crippen LogP contribution in [0.25, 0.3) is 10.9 Å². The van der Waals surface area contributed by atoms with Crippen molar-refractivity contribution in [2.75, 3.05) is 0 Å². The molecule has 0 atom stereocenters. The van der Waals surface area contributed by atoms with Crippen LogP contribution in [0.15, 0.2) is 56.5 Å². The summed E-state index contributed by atoms with van der Waals surface area (Å²) in [6.07, 6.45) is 1.34. The van der Waals surface area contributed by atoms with Gasteiger partial charge in [0.1, 0.15) is 5.82 Å². The van der Waals surface area contributed by atoms with E-state index in [0.29, 0.717) is 20.9 Å². The predicted molar refractivity (Wildman–Crippen MR) is 92.1 cm³/mol. The van der Waals surface area contributed by atoms with Crippen molar-refractivity contribution in [3.8, 4) is 0 Å². The fourth-order valence-electron chi connectivity index (χ4n) is 2.19. The van der Waals surface area contributed by atoms with Crippen molar-refractivity contribution in [2.45, 2.75) is 6.54 Å². The molecule has 0 aliphatic carbocycles. The lowest BCUT2D eigenvalue weighted by Gasteiger charge is -2.07. The Labute approximate surface area is 147 Å². The van der Waals surface area contributed by atoms with Crippen molar-refractivity contribution in [3.05, 3.63) is 73.4 Å². The largest absolute Gasteiger partial charge is 0.292 e. The van der Waals surface area contributed by atoms with Gasteiger partial charge in [0.2, 0.25) is 0 Å². The molecule has 0 fully saturated rings. The molecule has 0 unspecified atom stereocenters. The van der Waals surface area contributed by atoms with Gasteiger partial charge < -0.3 is 0 Å². The van der Waals surface area contributed by atoms with E-state index in [-0.39, 0.29) is 17.9 Å². The van der Waals surface area contributed by atoms with Gasteiger partial charge in [-0.3, -0.25) is 14.2 Å². The van der Waals surface area contributed by atoms with E-state index < -0.39 is 5.82 Å². The number of hydrogen-bond acceptors (Lipinski definition) is 3. The number of hydrogen-bond donors (Lipinski definition) is 0. The molecule has 23 heavy (non-hydrogen) atoms. The number of nitrogens with zero attached hydrogens (tertiary/aromatic N) is 2. The third-order valence-electron chi connectivity index (χ3n) is 3.33. The lowest BCUT2D eigenvalue weighted by Crippen LogP contribution is -2.24. The molecule has 2 aromatic carbocycles. The monoisotopic (exact) mass is 438 g/mol. The van der Waals surface area contributed by atoms with Crippen LogP contribution in [0, 0.1) is 5.82 Å². The highest BCUT2D eigenvalue weighted by Crippen LogP contribution is 2.24. The van der Waals surface area contributed by atoms with Crippen LogP contribution in [0.3, 0.4) is 0 Å². The Morgan fingerprint density at radius 1 is 1.17 bits per heavy atom. The number of rotatable bonds is 3. The molecule has 0 aliphatic heterocycles. The van der Waals surface area contributed by atoms with Crippen LogP contribution in [-0.4, -0.2) is 15.3 Å². The average Bonchev–Trinajstić information content (AvgIpc) is 2.51. The summed E-state index contributed by atoms with van der Waals surface area (Å²) in [6.45, 7) is -0.155. The number of ketones is 1. The molecular formula is C16H9Br2FN2O2. The summed E-state index contributed by atoms with van der Waals surface area (Å²) in [6, 6.07) is 8.66. The molecule has 0 bridgehead atoms. The molecule has 1 aromatic heterocycles. The van der Waals surface area contributed by atoms with E-state index in [1.807, 2.05) is 0 Å². The van der Waals surface area contributed by atoms with Gasteiger partial charge in [-0.2, -0.15) is 0 Å². The highest BCUT2D eigenvalue weighted by Gasteiger charge is 2.12. The highest BCUT2D eigenvalue weighted by molar-refractivity contribution is 9.11. The summed E-state index contributed by atoms with van der Waals surface area (Å²) in [7, 11) is 0. The molecule has 4 nitrogen and oxygen atoms in total. The number of benzene rings is 2. The zero-order chi connectivity index (χ0) is 16.6. The maximum Gasteiger partial charge on any atom is 0.261 e. The first kappa shape index (κ1) is 16.0. The van der Waals surface area contributed by atoms with Gasteiger partial charge in [0.25, 0.3) is 5.56 Å². The van der Waals surface area contributed by atoms with E-state index in [1.165, 1.54) is 35.2 Å². The number of carbonyl (C=O) groups excluding carboxylic acids is 1. The van der Waals surface area contributed by atoms with Crippen LogP contribution in [0.5, 0.6) is 0 Å². The van der Waals surface area contributed by atoms with Crippen molar-refractivity contribution in [1.29, 1.82) is 0 Å². The van der Waals surface area contributed by atoms with Crippen molar-refractivity contribution >= 4 is 48.5 Å². The smallest absolute Gasteiger partial charge is 0.261 e. The lowest BCUT2D eigenvalue weighted by molar-refractivity contribution is 0.0970. The molecule has 3 rings (SSSR count). The van der Waals surface area contributed by atoms with E-state index in [9.17, 15) is 14.0 Å². The van der Waals surface area contributed by atoms with Crippen LogP contribution < -0.4 is 5.56 Å². The zero-order valence-corrected chi connectivity index (χ0v) is 14.8. The second-order valence-electron chi connectivity index (χ2n) is 4.89. The molecular weight excluding hydrogens is 431 g/mol. The number of fused-ring (bicyclic) bond motifs is 1. The molecule has 0 saturated heterocycles. The second kappa shape index (κ2) is 6.33. The normalized spacial score (nSPS) is 10.9. The van der Waals surface area contributed by atoms with Gasteiger partial charge in [0, 0.05) is 14.5 Å². The Kier molecular flexibility index (Phi) is 4.41. The molecule has 0 spiro atoms. The van der Waals surface area contributed by atoms with Gasteiger partial charge in [-0.1, -0.05) is 15.9 Å². The molecule has 3 aromatic rings. The van der Waals surface area contributed by atoms with E-state index in [0.717, 1.165) is 4.47 Å². The Morgan fingerprint density at radius 2 is 1.87 bits per heavy atom. The Hall–Kier alpha value is -1.86. The topological polar surface area (TPSA) is 52.0 Å². The van der Waals surface area contributed by atoms with Gasteiger partial charge >= 0.3 is 0 Å². The molecule has 0 amide bonds. The highest BCUT2D eigenvalue weighted by atomic mass is 79.9. The molecule has 1 heterocycles. The summed E-state index contributed by atoms with van der Waals surface area (Å²) in [5.41, 5.74) is 0.560. The van der Waals surface area contributed by atoms with Crippen molar-refractivity contribution in [1.82, 2.24) is 9.55 Å². The number of carbonyl (C=O) groups is 1. The fourth-order valence-corrected chi connectivity index (χ4v) is 3.52. The van der Waals surface area contributed by atoms with Crippen molar-refractivity contribution in [3.63, 3.8) is 0 Å². The Bertz CT molecular complexity index is 968. The summed E-state index contributed by atoms with van der Waals surface area (Å²) < 4.78 is 15.6. The maximum atomic E-state index is 12.9. The molecule has 0 saturated carbocycles. The first-order chi connectivity index (χ1) is 11.0. The zero-order valence-electron chi connectivity index (χ0n) is 11.6. The van der Waals surface area contributed by atoms with E-state index >= 15 is 0 Å². The molecule has 0 N–H and O–H groups in total. The third-order valence-corrected chi connectivity index (χ3v) is 4.39. The van der Waals surface area contributed by atoms with Crippen LogP contribution in [0.2, 0.25) is 0 Å². The van der Waals surface area contributed by atoms with Crippen LogP contribution >= 0.6 is 31.9 Å². The Morgan fingerprint density at radius 3 is 2.57 bits per heavy atom. The summed E-state index contributed by atoms with van der Waals surface area (Å²) in [4.78, 5) is 29.0. The van der Waals surface area contributed by atoms with Crippen LogP contribution in [-0.2, 0) is 6.54 Å². The quantitative estimate of drug-likeness (QED) is 0.580. The molecule has 0 radical (unpaired) electrons. The second-order valence-corrected chi connectivity index (χ2v) is 6.66. The minimum atomic E-state index is -0.416. The summed E-state index contributed by atoms with van der Waals surface area (Å²) in [5, 5.41) is 0.403. The number of aromatic nitrogens is 2. The number of Topliss-reactive ketones (excluding diaryl/α,β-unsaturated/α-hetero) is 1. The molecule has 116 valence electrons. The fraction of sp³-hybridized carbons (Fsp3) is 0.0625. The van der Waals surface area contributed by atoms with Gasteiger partial charge in [-0.15, -0.1) is 0 Å². The minimum absolute atomic E-state index is 0.155. The van der Waals surface area contributed by atoms with Gasteiger partial charge in [0.15, 0.2) is 5.78 Å². The van der Waals surface area contributed by atoms with Gasteiger partial charge in [-0.05, 0) is 52.3 Å². The standard InChI is InChI=1S/C16H9Br2FN2O2/c17-10-5-12-15(13(18)6-10)20-8-21(16(12)23)7-14(22)9-1-3-11(19)4-2-9/h1-6,8H,7H2. The van der Waals surface area contributed by atoms with Crippen LogP contribution in [0.4, 0.5) is 4.39 Å². The Balaban J connectivity index is 2.00. The predicted octanol–water partition coefficient (Wildman–Crippen LogP) is 3.94. The molecule has 7 heteroatoms.